The third-order valence-corrected chi connectivity index (χ3v) is 4.43. The summed E-state index contributed by atoms with van der Waals surface area (Å²) >= 11 is 0. The van der Waals surface area contributed by atoms with Crippen LogP contribution in [0, 0.1) is 0 Å². The van der Waals surface area contributed by atoms with Gasteiger partial charge in [0.25, 0.3) is 0 Å². The Balaban J connectivity index is 0.00000220. The molecular formula is C15H32IN5. The number of hydrogen-bond acceptors (Lipinski definition) is 3. The Hall–Kier alpha value is -0.0800. The zero-order chi connectivity index (χ0) is 14.2. The van der Waals surface area contributed by atoms with Crippen molar-refractivity contribution in [3.8, 4) is 0 Å². The van der Waals surface area contributed by atoms with Crippen LogP contribution in [0.2, 0.25) is 0 Å². The third-order valence-electron chi connectivity index (χ3n) is 4.43. The highest BCUT2D eigenvalue weighted by Gasteiger charge is 2.13. The number of aliphatic imine (C=N–C) groups is 1. The summed E-state index contributed by atoms with van der Waals surface area (Å²) in [5.41, 5.74) is 6.14. The van der Waals surface area contributed by atoms with Gasteiger partial charge in [0.1, 0.15) is 0 Å². The minimum atomic E-state index is 0. The second-order valence-corrected chi connectivity index (χ2v) is 6.14. The van der Waals surface area contributed by atoms with Gasteiger partial charge in [-0.2, -0.15) is 0 Å². The average Bonchev–Trinajstić information content (AvgIpc) is 2.82. The topological polar surface area (TPSA) is 48.1 Å². The molecule has 0 aromatic carbocycles. The quantitative estimate of drug-likeness (QED) is 0.435. The SMILES string of the molecule is CN1CCCN(CCN=C(N)N2CCCCCC2)CC1.I. The van der Waals surface area contributed by atoms with Crippen LogP contribution in [0.5, 0.6) is 0 Å². The van der Waals surface area contributed by atoms with Crippen molar-refractivity contribution >= 4 is 29.9 Å². The first kappa shape index (κ1) is 19.0. The van der Waals surface area contributed by atoms with Crippen molar-refractivity contribution in [2.24, 2.45) is 10.7 Å². The van der Waals surface area contributed by atoms with Crippen molar-refractivity contribution in [1.82, 2.24) is 14.7 Å². The molecule has 2 aliphatic heterocycles. The molecule has 0 aromatic heterocycles. The number of halogens is 1. The molecule has 21 heavy (non-hydrogen) atoms. The highest BCUT2D eigenvalue weighted by atomic mass is 127. The van der Waals surface area contributed by atoms with Crippen LogP contribution in [0.25, 0.3) is 0 Å². The summed E-state index contributed by atoms with van der Waals surface area (Å²) in [4.78, 5) is 11.8. The van der Waals surface area contributed by atoms with Gasteiger partial charge in [-0.3, -0.25) is 4.99 Å². The van der Waals surface area contributed by atoms with Crippen LogP contribution in [-0.4, -0.2) is 80.1 Å². The normalized spacial score (nSPS) is 23.3. The number of nitrogens with zero attached hydrogens (tertiary/aromatic N) is 4. The Bertz CT molecular complexity index is 302. The predicted molar refractivity (Wildman–Crippen MR) is 100 cm³/mol. The Labute approximate surface area is 146 Å². The molecule has 0 radical (unpaired) electrons. The van der Waals surface area contributed by atoms with Gasteiger partial charge in [-0.05, 0) is 39.4 Å². The molecule has 2 rings (SSSR count). The molecule has 6 heteroatoms. The summed E-state index contributed by atoms with van der Waals surface area (Å²) < 4.78 is 0. The molecule has 0 unspecified atom stereocenters. The van der Waals surface area contributed by atoms with Crippen LogP contribution in [0.4, 0.5) is 0 Å². The van der Waals surface area contributed by atoms with Crippen molar-refractivity contribution in [2.75, 3.05) is 59.4 Å². The molecule has 2 heterocycles. The zero-order valence-corrected chi connectivity index (χ0v) is 15.8. The van der Waals surface area contributed by atoms with Crippen LogP contribution in [0.3, 0.4) is 0 Å². The second kappa shape index (κ2) is 10.6. The lowest BCUT2D eigenvalue weighted by atomic mass is 10.2. The minimum Gasteiger partial charge on any atom is -0.370 e. The van der Waals surface area contributed by atoms with Crippen molar-refractivity contribution in [3.05, 3.63) is 0 Å². The molecule has 2 fully saturated rings. The van der Waals surface area contributed by atoms with Gasteiger partial charge < -0.3 is 20.4 Å². The number of guanidine groups is 1. The Morgan fingerprint density at radius 3 is 2.33 bits per heavy atom. The Morgan fingerprint density at radius 1 is 0.905 bits per heavy atom. The molecule has 124 valence electrons. The van der Waals surface area contributed by atoms with E-state index in [-0.39, 0.29) is 24.0 Å². The van der Waals surface area contributed by atoms with Crippen LogP contribution in [0.15, 0.2) is 4.99 Å². The zero-order valence-electron chi connectivity index (χ0n) is 13.5. The highest BCUT2D eigenvalue weighted by Crippen LogP contribution is 2.09. The fraction of sp³-hybridized carbons (Fsp3) is 0.933. The maximum atomic E-state index is 6.14. The molecule has 2 aliphatic rings. The number of nitrogens with two attached hydrogens (primary N) is 1. The minimum absolute atomic E-state index is 0. The van der Waals surface area contributed by atoms with E-state index in [0.29, 0.717) is 0 Å². The first-order chi connectivity index (χ1) is 9.75. The number of rotatable bonds is 3. The molecule has 0 bridgehead atoms. The fourth-order valence-corrected chi connectivity index (χ4v) is 3.03. The van der Waals surface area contributed by atoms with Crippen LogP contribution >= 0.6 is 24.0 Å². The average molecular weight is 409 g/mol. The Morgan fingerprint density at radius 2 is 1.62 bits per heavy atom. The van der Waals surface area contributed by atoms with Crippen LogP contribution < -0.4 is 5.73 Å². The van der Waals surface area contributed by atoms with E-state index in [1.165, 1.54) is 51.7 Å². The van der Waals surface area contributed by atoms with E-state index in [1.54, 1.807) is 0 Å². The predicted octanol–water partition coefficient (Wildman–Crippen LogP) is 1.43. The first-order valence-corrected chi connectivity index (χ1v) is 8.21. The maximum Gasteiger partial charge on any atom is 0.191 e. The molecule has 0 amide bonds. The molecule has 0 saturated carbocycles. The van der Waals surface area contributed by atoms with Crippen molar-refractivity contribution in [3.63, 3.8) is 0 Å². The molecule has 2 N–H and O–H groups in total. The highest BCUT2D eigenvalue weighted by molar-refractivity contribution is 14.0. The lowest BCUT2D eigenvalue weighted by Crippen LogP contribution is -2.39. The van der Waals surface area contributed by atoms with Crippen LogP contribution in [-0.2, 0) is 0 Å². The van der Waals surface area contributed by atoms with Gasteiger partial charge in [0.15, 0.2) is 5.96 Å². The number of likely N-dealkylation sites (tertiary alicyclic amines) is 1. The van der Waals surface area contributed by atoms with Gasteiger partial charge in [-0.25, -0.2) is 0 Å². The molecule has 0 atom stereocenters. The smallest absolute Gasteiger partial charge is 0.191 e. The second-order valence-electron chi connectivity index (χ2n) is 6.14. The van der Waals surface area contributed by atoms with Crippen molar-refractivity contribution < 1.29 is 0 Å². The van der Waals surface area contributed by atoms with E-state index < -0.39 is 0 Å². The first-order valence-electron chi connectivity index (χ1n) is 8.21. The summed E-state index contributed by atoms with van der Waals surface area (Å²) in [6.45, 7) is 8.81. The Kier molecular flexibility index (Phi) is 9.59. The lowest BCUT2D eigenvalue weighted by Gasteiger charge is -2.22. The molecule has 5 nitrogen and oxygen atoms in total. The monoisotopic (exact) mass is 409 g/mol. The molecule has 2 saturated heterocycles. The molecule has 0 aliphatic carbocycles. The molecular weight excluding hydrogens is 377 g/mol. The van der Waals surface area contributed by atoms with Gasteiger partial charge in [0.2, 0.25) is 0 Å². The van der Waals surface area contributed by atoms with Gasteiger partial charge in [-0.15, -0.1) is 24.0 Å². The fourth-order valence-electron chi connectivity index (χ4n) is 3.03. The van der Waals surface area contributed by atoms with E-state index in [9.17, 15) is 0 Å². The lowest BCUT2D eigenvalue weighted by molar-refractivity contribution is 0.282. The standard InChI is InChI=1S/C15H31N5.HI/c1-18-8-6-9-19(14-13-18)12-7-17-15(16)20-10-4-2-3-5-11-20;/h2-14H2,1H3,(H2,16,17);1H. The van der Waals surface area contributed by atoms with E-state index in [1.807, 2.05) is 0 Å². The van der Waals surface area contributed by atoms with Crippen molar-refractivity contribution in [1.29, 1.82) is 0 Å². The largest absolute Gasteiger partial charge is 0.370 e. The number of likely N-dealkylation sites (N-methyl/N-ethyl adjacent to an activating group) is 1. The summed E-state index contributed by atoms with van der Waals surface area (Å²) in [6.07, 6.45) is 6.46. The van der Waals surface area contributed by atoms with Gasteiger partial charge in [-0.1, -0.05) is 12.8 Å². The van der Waals surface area contributed by atoms with Gasteiger partial charge in [0.05, 0.1) is 6.54 Å². The molecule has 0 spiro atoms. The van der Waals surface area contributed by atoms with E-state index in [2.05, 4.69) is 26.7 Å². The summed E-state index contributed by atoms with van der Waals surface area (Å²) in [5.74, 6) is 0.763. The number of hydrogen-bond donors (Lipinski definition) is 1. The van der Waals surface area contributed by atoms with Crippen LogP contribution in [0.1, 0.15) is 32.1 Å². The summed E-state index contributed by atoms with van der Waals surface area (Å²) in [5, 5.41) is 0. The van der Waals surface area contributed by atoms with E-state index >= 15 is 0 Å². The summed E-state index contributed by atoms with van der Waals surface area (Å²) in [6, 6.07) is 0. The van der Waals surface area contributed by atoms with E-state index in [4.69, 9.17) is 5.73 Å². The van der Waals surface area contributed by atoms with Gasteiger partial charge >= 0.3 is 0 Å². The third kappa shape index (κ3) is 7.15. The van der Waals surface area contributed by atoms with Crippen molar-refractivity contribution in [2.45, 2.75) is 32.1 Å². The van der Waals surface area contributed by atoms with Gasteiger partial charge in [0, 0.05) is 32.7 Å². The van der Waals surface area contributed by atoms with E-state index in [0.717, 1.165) is 38.7 Å². The molecule has 0 aromatic rings. The summed E-state index contributed by atoms with van der Waals surface area (Å²) in [7, 11) is 2.21. The maximum absolute atomic E-state index is 6.14.